The second kappa shape index (κ2) is 11.0. The number of rotatable bonds is 5. The summed E-state index contributed by atoms with van der Waals surface area (Å²) in [6.07, 6.45) is -3.23. The fraction of sp³-hybridized carbons (Fsp3) is 0.611. The van der Waals surface area contributed by atoms with E-state index in [0.29, 0.717) is 25.3 Å². The minimum atomic E-state index is -4.11. The number of guanidine groups is 1. The first kappa shape index (κ1) is 23.9. The number of nitrogens with zero attached hydrogens (tertiary/aromatic N) is 1. The summed E-state index contributed by atoms with van der Waals surface area (Å²) in [5.41, 5.74) is 0.822. The number of halogens is 5. The van der Waals surface area contributed by atoms with E-state index in [2.05, 4.69) is 15.6 Å². The zero-order chi connectivity index (χ0) is 19.2. The van der Waals surface area contributed by atoms with Gasteiger partial charge in [0.2, 0.25) is 0 Å². The van der Waals surface area contributed by atoms with Crippen LogP contribution < -0.4 is 10.6 Å². The highest BCUT2D eigenvalue weighted by atomic mass is 127. The number of hydrogen-bond donors (Lipinski definition) is 2. The van der Waals surface area contributed by atoms with Crippen molar-refractivity contribution in [1.29, 1.82) is 0 Å². The lowest BCUT2D eigenvalue weighted by Crippen LogP contribution is -2.46. The fourth-order valence-corrected chi connectivity index (χ4v) is 3.16. The van der Waals surface area contributed by atoms with E-state index in [1.807, 2.05) is 0 Å². The molecule has 0 aromatic heterocycles. The average molecular weight is 503 g/mol. The van der Waals surface area contributed by atoms with Gasteiger partial charge in [0.15, 0.2) is 5.96 Å². The molecule has 1 unspecified atom stereocenters. The number of methoxy groups -OCH3 is 1. The summed E-state index contributed by atoms with van der Waals surface area (Å²) in [5, 5.41) is 6.29. The van der Waals surface area contributed by atoms with Crippen molar-refractivity contribution in [2.45, 2.75) is 44.0 Å². The van der Waals surface area contributed by atoms with Gasteiger partial charge in [-0.05, 0) is 43.4 Å². The van der Waals surface area contributed by atoms with Crippen molar-refractivity contribution in [3.05, 3.63) is 35.6 Å². The molecule has 0 aliphatic heterocycles. The van der Waals surface area contributed by atoms with E-state index in [1.165, 1.54) is 12.1 Å². The molecule has 1 fully saturated rings. The molecule has 2 rings (SSSR count). The highest BCUT2D eigenvalue weighted by Crippen LogP contribution is 2.37. The largest absolute Gasteiger partial charge is 0.391 e. The average Bonchev–Trinajstić information content (AvgIpc) is 2.62. The normalized spacial score (nSPS) is 21.9. The summed E-state index contributed by atoms with van der Waals surface area (Å²) < 4.78 is 56.7. The Bertz CT molecular complexity index is 587. The first-order valence-electron chi connectivity index (χ1n) is 8.65. The van der Waals surface area contributed by atoms with Gasteiger partial charge in [-0.3, -0.25) is 4.99 Å². The van der Waals surface area contributed by atoms with Crippen LogP contribution in [0.4, 0.5) is 17.6 Å². The zero-order valence-electron chi connectivity index (χ0n) is 15.4. The molecule has 27 heavy (non-hydrogen) atoms. The van der Waals surface area contributed by atoms with Crippen molar-refractivity contribution in [3.8, 4) is 0 Å². The van der Waals surface area contributed by atoms with Gasteiger partial charge in [-0.25, -0.2) is 4.39 Å². The van der Waals surface area contributed by atoms with Gasteiger partial charge in [-0.15, -0.1) is 24.0 Å². The lowest BCUT2D eigenvalue weighted by Gasteiger charge is -2.31. The van der Waals surface area contributed by atoms with Gasteiger partial charge >= 0.3 is 6.18 Å². The minimum absolute atomic E-state index is 0. The van der Waals surface area contributed by atoms with Crippen molar-refractivity contribution in [3.63, 3.8) is 0 Å². The Kier molecular flexibility index (Phi) is 9.78. The van der Waals surface area contributed by atoms with Crippen molar-refractivity contribution in [2.75, 3.05) is 20.7 Å². The Balaban J connectivity index is 0.00000364. The summed E-state index contributed by atoms with van der Waals surface area (Å²) >= 11 is 0. The minimum Gasteiger partial charge on any atom is -0.375 e. The molecular weight excluding hydrogens is 477 g/mol. The first-order valence-corrected chi connectivity index (χ1v) is 8.65. The number of aliphatic imine (C=N–C) groups is 1. The Labute approximate surface area is 174 Å². The van der Waals surface area contributed by atoms with Gasteiger partial charge in [-0.1, -0.05) is 12.1 Å². The smallest absolute Gasteiger partial charge is 0.375 e. The molecule has 1 atom stereocenters. The van der Waals surface area contributed by atoms with E-state index in [9.17, 15) is 17.6 Å². The maximum Gasteiger partial charge on any atom is 0.391 e. The molecular formula is C18H26F4IN3O. The Morgan fingerprint density at radius 1 is 1.19 bits per heavy atom. The van der Waals surface area contributed by atoms with E-state index >= 15 is 0 Å². The molecule has 154 valence electrons. The van der Waals surface area contributed by atoms with Gasteiger partial charge in [0, 0.05) is 26.7 Å². The highest BCUT2D eigenvalue weighted by Gasteiger charge is 2.41. The number of benzene rings is 1. The van der Waals surface area contributed by atoms with Gasteiger partial charge in [0.05, 0.1) is 12.0 Å². The molecule has 1 aliphatic rings. The molecule has 1 aromatic rings. The maximum atomic E-state index is 13.0. The van der Waals surface area contributed by atoms with Crippen LogP contribution in [0.3, 0.4) is 0 Å². The molecule has 4 nitrogen and oxygen atoms in total. The molecule has 0 radical (unpaired) electrons. The number of alkyl halides is 3. The van der Waals surface area contributed by atoms with E-state index in [0.717, 1.165) is 5.56 Å². The number of nitrogens with one attached hydrogen (secondary N) is 2. The van der Waals surface area contributed by atoms with Crippen LogP contribution in [0.15, 0.2) is 29.3 Å². The van der Waals surface area contributed by atoms with E-state index in [-0.39, 0.29) is 54.8 Å². The van der Waals surface area contributed by atoms with Gasteiger partial charge < -0.3 is 15.4 Å². The van der Waals surface area contributed by atoms with Crippen LogP contribution in [0.5, 0.6) is 0 Å². The molecule has 1 aromatic carbocycles. The first-order chi connectivity index (χ1) is 12.3. The number of ether oxygens (including phenoxy) is 1. The topological polar surface area (TPSA) is 45.7 Å². The van der Waals surface area contributed by atoms with Crippen molar-refractivity contribution in [1.82, 2.24) is 10.6 Å². The van der Waals surface area contributed by atoms with Crippen LogP contribution in [-0.4, -0.2) is 38.9 Å². The van der Waals surface area contributed by atoms with Crippen molar-refractivity contribution in [2.24, 2.45) is 10.9 Å². The lowest BCUT2D eigenvalue weighted by molar-refractivity contribution is -0.182. The van der Waals surface area contributed by atoms with Gasteiger partial charge in [0.25, 0.3) is 0 Å². The molecule has 2 N–H and O–H groups in total. The van der Waals surface area contributed by atoms with Crippen LogP contribution in [-0.2, 0) is 4.74 Å². The van der Waals surface area contributed by atoms with E-state index in [1.54, 1.807) is 26.3 Å². The third-order valence-electron chi connectivity index (χ3n) is 4.74. The maximum absolute atomic E-state index is 13.0. The summed E-state index contributed by atoms with van der Waals surface area (Å²) in [6, 6.07) is 6.01. The summed E-state index contributed by atoms with van der Waals surface area (Å²) in [7, 11) is 3.17. The predicted molar refractivity (Wildman–Crippen MR) is 108 cm³/mol. The van der Waals surface area contributed by atoms with Gasteiger partial charge in [-0.2, -0.15) is 13.2 Å². The van der Waals surface area contributed by atoms with Crippen molar-refractivity contribution < 1.29 is 22.3 Å². The number of hydrogen-bond acceptors (Lipinski definition) is 2. The summed E-state index contributed by atoms with van der Waals surface area (Å²) in [4.78, 5) is 4.12. The zero-order valence-corrected chi connectivity index (χ0v) is 17.7. The molecule has 1 aliphatic carbocycles. The molecule has 0 heterocycles. The van der Waals surface area contributed by atoms with E-state index in [4.69, 9.17) is 4.74 Å². The summed E-state index contributed by atoms with van der Waals surface area (Å²) in [6.45, 7) is 0.402. The Hall–Kier alpha value is -1.10. The highest BCUT2D eigenvalue weighted by molar-refractivity contribution is 14.0. The Morgan fingerprint density at radius 2 is 1.78 bits per heavy atom. The third-order valence-corrected chi connectivity index (χ3v) is 4.74. The molecule has 0 saturated heterocycles. The predicted octanol–water partition coefficient (Wildman–Crippen LogP) is 4.42. The third kappa shape index (κ3) is 7.44. The second-order valence-electron chi connectivity index (χ2n) is 6.46. The van der Waals surface area contributed by atoms with Crippen LogP contribution in [0.2, 0.25) is 0 Å². The molecule has 9 heteroatoms. The molecule has 0 amide bonds. The van der Waals surface area contributed by atoms with Crippen LogP contribution in [0.25, 0.3) is 0 Å². The molecule has 0 spiro atoms. The SMILES string of the molecule is CN=C(NCC(OC)c1ccc(F)cc1)NC1CCC(C(F)(F)F)CC1.I. The lowest BCUT2D eigenvalue weighted by atomic mass is 9.85. The molecule has 1 saturated carbocycles. The monoisotopic (exact) mass is 503 g/mol. The van der Waals surface area contributed by atoms with Crippen LogP contribution >= 0.6 is 24.0 Å². The summed E-state index contributed by atoms with van der Waals surface area (Å²) in [5.74, 6) is -1.00. The standard InChI is InChI=1S/C18H25F4N3O.HI/c1-23-17(25-15-9-5-13(6-10-15)18(20,21)22)24-11-16(26-2)12-3-7-14(19)8-4-12;/h3-4,7-8,13,15-16H,5-6,9-11H2,1-2H3,(H2,23,24,25);1H. The quantitative estimate of drug-likeness (QED) is 0.271. The fourth-order valence-electron chi connectivity index (χ4n) is 3.16. The van der Waals surface area contributed by atoms with Crippen LogP contribution in [0, 0.1) is 11.7 Å². The van der Waals surface area contributed by atoms with E-state index < -0.39 is 12.1 Å². The second-order valence-corrected chi connectivity index (χ2v) is 6.46. The van der Waals surface area contributed by atoms with Crippen LogP contribution in [0.1, 0.15) is 37.4 Å². The van der Waals surface area contributed by atoms with Crippen molar-refractivity contribution >= 4 is 29.9 Å². The van der Waals surface area contributed by atoms with Gasteiger partial charge in [0.1, 0.15) is 5.82 Å². The Morgan fingerprint density at radius 3 is 2.26 bits per heavy atom. The molecule has 0 bridgehead atoms.